The molecule has 0 N–H and O–H groups in total. The Morgan fingerprint density at radius 1 is 1.11 bits per heavy atom. The molecule has 0 aliphatic rings. The molecule has 0 fully saturated rings. The van der Waals surface area contributed by atoms with Crippen molar-refractivity contribution in [3.05, 3.63) is 41.9 Å². The predicted molar refractivity (Wildman–Crippen MR) is 111 cm³/mol. The highest BCUT2D eigenvalue weighted by molar-refractivity contribution is 5.66. The molecule has 0 aliphatic carbocycles. The summed E-state index contributed by atoms with van der Waals surface area (Å²) in [6.45, 7) is 9.30. The first-order chi connectivity index (χ1) is 13.3. The van der Waals surface area contributed by atoms with E-state index in [2.05, 4.69) is 44.6 Å². The zero-order chi connectivity index (χ0) is 20.9. The quantitative estimate of drug-likeness (QED) is 0.317. The zero-order valence-corrected chi connectivity index (χ0v) is 18.1. The molecule has 0 saturated carbocycles. The standard InChI is InChI=1S/C23H34F2N3/c1-7-10-11-13-27(5)17-12-14-28(6)19(15-17)21-18(23(4,8-2)9-3)16-20(24)26-22(21)25/h12,14-16H,7-11,13H2,1-6H3/q+1. The summed E-state index contributed by atoms with van der Waals surface area (Å²) in [5, 5.41) is 0. The maximum atomic E-state index is 15.0. The molecule has 0 spiro atoms. The van der Waals surface area contributed by atoms with Crippen LogP contribution in [0.1, 0.15) is 65.4 Å². The van der Waals surface area contributed by atoms with Crippen LogP contribution in [0.5, 0.6) is 0 Å². The summed E-state index contributed by atoms with van der Waals surface area (Å²) in [7, 11) is 3.94. The molecular weight excluding hydrogens is 356 g/mol. The lowest BCUT2D eigenvalue weighted by Gasteiger charge is -2.29. The highest BCUT2D eigenvalue weighted by atomic mass is 19.1. The van der Waals surface area contributed by atoms with E-state index >= 15 is 0 Å². The van der Waals surface area contributed by atoms with Gasteiger partial charge in [0, 0.05) is 31.4 Å². The van der Waals surface area contributed by atoms with Crippen LogP contribution in [0.4, 0.5) is 14.5 Å². The first-order valence-electron chi connectivity index (χ1n) is 10.3. The van der Waals surface area contributed by atoms with E-state index in [-0.39, 0.29) is 5.41 Å². The number of halogens is 2. The fraction of sp³-hybridized carbons (Fsp3) is 0.565. The molecule has 0 saturated heterocycles. The first kappa shape index (κ1) is 22.3. The van der Waals surface area contributed by atoms with Crippen molar-refractivity contribution >= 4 is 5.69 Å². The third-order valence-electron chi connectivity index (χ3n) is 6.08. The minimum absolute atomic E-state index is 0.323. The number of nitrogens with zero attached hydrogens (tertiary/aromatic N) is 3. The number of rotatable bonds is 9. The van der Waals surface area contributed by atoms with Crippen LogP contribution < -0.4 is 9.47 Å². The lowest BCUT2D eigenvalue weighted by molar-refractivity contribution is -0.660. The van der Waals surface area contributed by atoms with E-state index in [1.807, 2.05) is 29.9 Å². The number of pyridine rings is 2. The van der Waals surface area contributed by atoms with Gasteiger partial charge in [-0.15, -0.1) is 0 Å². The molecule has 3 nitrogen and oxygen atoms in total. The van der Waals surface area contributed by atoms with Crippen LogP contribution in [0.25, 0.3) is 11.3 Å². The van der Waals surface area contributed by atoms with Crippen molar-refractivity contribution in [2.45, 2.75) is 65.2 Å². The molecular formula is C23H34F2N3+. The van der Waals surface area contributed by atoms with Crippen LogP contribution in [0, 0.1) is 11.9 Å². The Hall–Kier alpha value is -2.04. The molecule has 2 heterocycles. The normalized spacial score (nSPS) is 11.7. The number of aryl methyl sites for hydroxylation is 1. The van der Waals surface area contributed by atoms with Crippen LogP contribution in [0.2, 0.25) is 0 Å². The Morgan fingerprint density at radius 2 is 1.79 bits per heavy atom. The molecule has 2 rings (SSSR count). The summed E-state index contributed by atoms with van der Waals surface area (Å²) < 4.78 is 30.9. The van der Waals surface area contributed by atoms with Gasteiger partial charge in [0.15, 0.2) is 6.20 Å². The highest BCUT2D eigenvalue weighted by Crippen LogP contribution is 2.38. The monoisotopic (exact) mass is 390 g/mol. The van der Waals surface area contributed by atoms with Crippen molar-refractivity contribution in [1.29, 1.82) is 0 Å². The minimum atomic E-state index is -0.764. The van der Waals surface area contributed by atoms with E-state index in [1.54, 1.807) is 0 Å². The molecule has 0 radical (unpaired) electrons. The molecule has 28 heavy (non-hydrogen) atoms. The smallest absolute Gasteiger partial charge is 0.229 e. The van der Waals surface area contributed by atoms with Crippen molar-refractivity contribution in [2.24, 2.45) is 7.05 Å². The van der Waals surface area contributed by atoms with E-state index in [0.29, 0.717) is 16.8 Å². The average Bonchev–Trinajstić information content (AvgIpc) is 2.67. The number of unbranched alkanes of at least 4 members (excludes halogenated alkanes) is 2. The summed E-state index contributed by atoms with van der Waals surface area (Å²) in [6.07, 6.45) is 6.99. The number of aromatic nitrogens is 2. The highest BCUT2D eigenvalue weighted by Gasteiger charge is 2.32. The van der Waals surface area contributed by atoms with Crippen LogP contribution >= 0.6 is 0 Å². The second-order valence-corrected chi connectivity index (χ2v) is 7.94. The molecule has 2 aromatic heterocycles. The van der Waals surface area contributed by atoms with E-state index < -0.39 is 11.9 Å². The van der Waals surface area contributed by atoms with Crippen molar-refractivity contribution in [2.75, 3.05) is 18.5 Å². The van der Waals surface area contributed by atoms with Crippen LogP contribution in [0.15, 0.2) is 24.4 Å². The van der Waals surface area contributed by atoms with Gasteiger partial charge in [-0.05, 0) is 36.3 Å². The molecule has 0 unspecified atom stereocenters. The Kier molecular flexibility index (Phi) is 7.50. The van der Waals surface area contributed by atoms with Gasteiger partial charge in [-0.3, -0.25) is 0 Å². The van der Waals surface area contributed by atoms with Crippen molar-refractivity contribution in [3.63, 3.8) is 0 Å². The number of hydrogen-bond acceptors (Lipinski definition) is 2. The van der Waals surface area contributed by atoms with E-state index in [9.17, 15) is 8.78 Å². The van der Waals surface area contributed by atoms with Crippen molar-refractivity contribution in [3.8, 4) is 11.3 Å². The van der Waals surface area contributed by atoms with Gasteiger partial charge in [-0.2, -0.15) is 13.8 Å². The summed E-state index contributed by atoms with van der Waals surface area (Å²) in [5.74, 6) is -1.51. The maximum absolute atomic E-state index is 15.0. The maximum Gasteiger partial charge on any atom is 0.229 e. The molecule has 0 aromatic carbocycles. The van der Waals surface area contributed by atoms with Crippen LogP contribution in [0.3, 0.4) is 0 Å². The van der Waals surface area contributed by atoms with Gasteiger partial charge in [0.25, 0.3) is 0 Å². The Labute approximate surface area is 168 Å². The SMILES string of the molecule is CCCCCN(C)c1cc[n+](C)c(-c2c(C(C)(CC)CC)cc(F)nc2F)c1. The molecule has 2 aromatic rings. The molecule has 154 valence electrons. The van der Waals surface area contributed by atoms with Crippen LogP contribution in [-0.2, 0) is 12.5 Å². The zero-order valence-electron chi connectivity index (χ0n) is 18.1. The lowest BCUT2D eigenvalue weighted by atomic mass is 9.75. The molecule has 0 aliphatic heterocycles. The van der Waals surface area contributed by atoms with Gasteiger partial charge >= 0.3 is 0 Å². The summed E-state index contributed by atoms with van der Waals surface area (Å²) in [5.41, 5.74) is 2.50. The van der Waals surface area contributed by atoms with Gasteiger partial charge in [-0.1, -0.05) is 40.5 Å². The van der Waals surface area contributed by atoms with E-state index in [4.69, 9.17) is 0 Å². The van der Waals surface area contributed by atoms with Gasteiger partial charge in [0.2, 0.25) is 17.6 Å². The number of hydrogen-bond donors (Lipinski definition) is 0. The van der Waals surface area contributed by atoms with Gasteiger partial charge in [0.05, 0.1) is 0 Å². The fourth-order valence-corrected chi connectivity index (χ4v) is 3.61. The third-order valence-corrected chi connectivity index (χ3v) is 6.08. The molecule has 5 heteroatoms. The molecule has 0 bridgehead atoms. The third kappa shape index (κ3) is 4.68. The Balaban J connectivity index is 2.60. The summed E-state index contributed by atoms with van der Waals surface area (Å²) in [4.78, 5) is 5.70. The van der Waals surface area contributed by atoms with E-state index in [1.165, 1.54) is 18.9 Å². The predicted octanol–water partition coefficient (Wildman–Crippen LogP) is 5.56. The fourth-order valence-electron chi connectivity index (χ4n) is 3.61. The van der Waals surface area contributed by atoms with Crippen molar-refractivity contribution < 1.29 is 13.3 Å². The molecule has 0 atom stereocenters. The van der Waals surface area contributed by atoms with Gasteiger partial charge < -0.3 is 4.90 Å². The van der Waals surface area contributed by atoms with Gasteiger partial charge in [-0.25, -0.2) is 4.57 Å². The van der Waals surface area contributed by atoms with Crippen molar-refractivity contribution in [1.82, 2.24) is 4.98 Å². The van der Waals surface area contributed by atoms with Crippen LogP contribution in [-0.4, -0.2) is 18.6 Å². The number of anilines is 1. The Bertz CT molecular complexity index is 801. The average molecular weight is 391 g/mol. The largest absolute Gasteiger partial charge is 0.374 e. The molecule has 0 amide bonds. The minimum Gasteiger partial charge on any atom is -0.374 e. The second-order valence-electron chi connectivity index (χ2n) is 7.94. The van der Waals surface area contributed by atoms with Gasteiger partial charge in [0.1, 0.15) is 12.6 Å². The first-order valence-corrected chi connectivity index (χ1v) is 10.3. The summed E-state index contributed by atoms with van der Waals surface area (Å²) in [6, 6.07) is 5.42. The lowest BCUT2D eigenvalue weighted by Crippen LogP contribution is -2.33. The topological polar surface area (TPSA) is 20.0 Å². The summed E-state index contributed by atoms with van der Waals surface area (Å²) >= 11 is 0. The Morgan fingerprint density at radius 3 is 2.39 bits per heavy atom. The van der Waals surface area contributed by atoms with E-state index in [0.717, 1.165) is 31.5 Å². The second kappa shape index (κ2) is 9.44.